The molecule has 2 rings (SSSR count). The van der Waals surface area contributed by atoms with E-state index in [4.69, 9.17) is 23.2 Å². The van der Waals surface area contributed by atoms with Crippen molar-refractivity contribution in [1.82, 2.24) is 4.90 Å². The number of carbonyl (C=O) groups is 1. The van der Waals surface area contributed by atoms with Crippen LogP contribution >= 0.6 is 23.2 Å². The topological polar surface area (TPSA) is 20.3 Å². The molecular weight excluding hydrogens is 245 g/mol. The van der Waals surface area contributed by atoms with Crippen LogP contribution in [0.4, 0.5) is 0 Å². The zero-order chi connectivity index (χ0) is 11.7. The lowest BCUT2D eigenvalue weighted by Gasteiger charge is -2.44. The number of rotatable bonds is 3. The molecular formula is C12H11Cl2NO. The maximum atomic E-state index is 11.5. The maximum Gasteiger partial charge on any atom is 0.243 e. The Labute approximate surface area is 104 Å². The molecule has 0 aromatic heterocycles. The summed E-state index contributed by atoms with van der Waals surface area (Å²) in [4.78, 5) is 13.2. The molecule has 16 heavy (non-hydrogen) atoms. The van der Waals surface area contributed by atoms with Gasteiger partial charge < -0.3 is 4.90 Å². The lowest BCUT2D eigenvalue weighted by Crippen LogP contribution is -2.56. The van der Waals surface area contributed by atoms with Crippen molar-refractivity contribution < 1.29 is 4.79 Å². The lowest BCUT2D eigenvalue weighted by molar-refractivity contribution is -0.144. The van der Waals surface area contributed by atoms with E-state index < -0.39 is 5.38 Å². The van der Waals surface area contributed by atoms with E-state index in [1.807, 2.05) is 12.1 Å². The normalized spacial score (nSPS) is 24.1. The van der Waals surface area contributed by atoms with E-state index in [1.165, 1.54) is 0 Å². The van der Waals surface area contributed by atoms with Gasteiger partial charge in [-0.15, -0.1) is 18.2 Å². The van der Waals surface area contributed by atoms with Crippen molar-refractivity contribution in [3.05, 3.63) is 47.5 Å². The molecule has 1 saturated heterocycles. The Morgan fingerprint density at radius 3 is 2.56 bits per heavy atom. The fraction of sp³-hybridized carbons (Fsp3) is 0.250. The highest BCUT2D eigenvalue weighted by atomic mass is 35.5. The minimum Gasteiger partial charge on any atom is -0.329 e. The number of amides is 1. The van der Waals surface area contributed by atoms with Gasteiger partial charge in [-0.2, -0.15) is 0 Å². The van der Waals surface area contributed by atoms with Gasteiger partial charge in [0.25, 0.3) is 0 Å². The predicted molar refractivity (Wildman–Crippen MR) is 65.7 cm³/mol. The van der Waals surface area contributed by atoms with Crippen molar-refractivity contribution in [1.29, 1.82) is 0 Å². The number of halogens is 2. The predicted octanol–water partition coefficient (Wildman–Crippen LogP) is 3.02. The van der Waals surface area contributed by atoms with Crippen LogP contribution in [0.25, 0.3) is 0 Å². The number of likely N-dealkylation sites (tertiary alicyclic amines) is 1. The molecule has 2 nitrogen and oxygen atoms in total. The van der Waals surface area contributed by atoms with E-state index in [1.54, 1.807) is 23.1 Å². The third-order valence-electron chi connectivity index (χ3n) is 2.67. The first-order valence-corrected chi connectivity index (χ1v) is 5.77. The molecule has 1 aromatic rings. The van der Waals surface area contributed by atoms with Gasteiger partial charge in [0.2, 0.25) is 5.91 Å². The molecule has 1 aliphatic rings. The van der Waals surface area contributed by atoms with Gasteiger partial charge in [0.15, 0.2) is 0 Å². The number of alkyl halides is 1. The van der Waals surface area contributed by atoms with E-state index in [9.17, 15) is 4.79 Å². The van der Waals surface area contributed by atoms with Gasteiger partial charge in [-0.05, 0) is 17.7 Å². The molecule has 0 bridgehead atoms. The smallest absolute Gasteiger partial charge is 0.243 e. The Bertz CT molecular complexity index is 416. The quantitative estimate of drug-likeness (QED) is 0.462. The molecule has 2 atom stereocenters. The summed E-state index contributed by atoms with van der Waals surface area (Å²) in [7, 11) is 0. The second-order valence-corrected chi connectivity index (χ2v) is 4.58. The highest BCUT2D eigenvalue weighted by Crippen LogP contribution is 2.38. The van der Waals surface area contributed by atoms with Crippen LogP contribution in [-0.4, -0.2) is 22.7 Å². The van der Waals surface area contributed by atoms with E-state index in [0.717, 1.165) is 5.56 Å². The number of β-lactam (4-membered cyclic amide) rings is 1. The Hall–Kier alpha value is -0.990. The molecule has 0 N–H and O–H groups in total. The van der Waals surface area contributed by atoms with Gasteiger partial charge in [0, 0.05) is 11.6 Å². The van der Waals surface area contributed by atoms with Crippen LogP contribution in [0.1, 0.15) is 11.6 Å². The van der Waals surface area contributed by atoms with Gasteiger partial charge in [-0.1, -0.05) is 29.8 Å². The Balaban J connectivity index is 2.22. The Morgan fingerprint density at radius 2 is 2.00 bits per heavy atom. The highest BCUT2D eigenvalue weighted by Gasteiger charge is 2.46. The number of hydrogen-bond acceptors (Lipinski definition) is 1. The average Bonchev–Trinajstić information content (AvgIpc) is 2.30. The number of hydrogen-bond donors (Lipinski definition) is 0. The summed E-state index contributed by atoms with van der Waals surface area (Å²) in [5.41, 5.74) is 1.01. The van der Waals surface area contributed by atoms with Gasteiger partial charge in [0.1, 0.15) is 5.38 Å². The molecule has 0 aliphatic carbocycles. The van der Waals surface area contributed by atoms with Crippen LogP contribution < -0.4 is 0 Å². The monoisotopic (exact) mass is 255 g/mol. The highest BCUT2D eigenvalue weighted by molar-refractivity contribution is 6.33. The molecule has 1 heterocycles. The van der Waals surface area contributed by atoms with Crippen LogP contribution in [0.15, 0.2) is 36.9 Å². The summed E-state index contributed by atoms with van der Waals surface area (Å²) < 4.78 is 0. The number of nitrogens with zero attached hydrogens (tertiary/aromatic N) is 1. The van der Waals surface area contributed by atoms with Crippen LogP contribution in [0, 0.1) is 0 Å². The van der Waals surface area contributed by atoms with Crippen LogP contribution in [-0.2, 0) is 4.79 Å². The van der Waals surface area contributed by atoms with E-state index in [0.29, 0.717) is 11.6 Å². The standard InChI is InChI=1S/C12H11Cl2NO/c1-2-7-15-11(10(14)12(15)16)8-3-5-9(13)6-4-8/h2-6,10-11H,1,7H2/t10-,11-/m0/s1. The third-order valence-corrected chi connectivity index (χ3v) is 3.35. The minimum atomic E-state index is -0.471. The van der Waals surface area contributed by atoms with Gasteiger partial charge in [-0.3, -0.25) is 4.79 Å². The first-order chi connectivity index (χ1) is 7.65. The fourth-order valence-electron chi connectivity index (χ4n) is 1.86. The first-order valence-electron chi connectivity index (χ1n) is 4.96. The van der Waals surface area contributed by atoms with Crippen molar-refractivity contribution >= 4 is 29.1 Å². The molecule has 0 saturated carbocycles. The van der Waals surface area contributed by atoms with E-state index in [2.05, 4.69) is 6.58 Å². The summed E-state index contributed by atoms with van der Waals surface area (Å²) in [6, 6.07) is 7.32. The summed E-state index contributed by atoms with van der Waals surface area (Å²) in [5.74, 6) is -0.0403. The number of carbonyl (C=O) groups excluding carboxylic acids is 1. The van der Waals surface area contributed by atoms with Crippen LogP contribution in [0.5, 0.6) is 0 Å². The first kappa shape index (κ1) is 11.5. The zero-order valence-corrected chi connectivity index (χ0v) is 10.1. The molecule has 1 aliphatic heterocycles. The van der Waals surface area contributed by atoms with Crippen LogP contribution in [0.2, 0.25) is 5.02 Å². The number of benzene rings is 1. The Kier molecular flexibility index (Phi) is 3.22. The van der Waals surface area contributed by atoms with Gasteiger partial charge in [-0.25, -0.2) is 0 Å². The molecule has 4 heteroatoms. The third kappa shape index (κ3) is 1.83. The SMILES string of the molecule is C=CCN1C(=O)[C@@H](Cl)[C@@H]1c1ccc(Cl)cc1. The second kappa shape index (κ2) is 4.48. The van der Waals surface area contributed by atoms with Crippen molar-refractivity contribution in [2.75, 3.05) is 6.54 Å². The van der Waals surface area contributed by atoms with Crippen molar-refractivity contribution in [2.45, 2.75) is 11.4 Å². The molecule has 84 valence electrons. The molecule has 1 aromatic carbocycles. The largest absolute Gasteiger partial charge is 0.329 e. The minimum absolute atomic E-state index is 0.0403. The molecule has 1 fully saturated rings. The summed E-state index contributed by atoms with van der Waals surface area (Å²) in [6.45, 7) is 4.15. The van der Waals surface area contributed by atoms with Crippen molar-refractivity contribution in [2.24, 2.45) is 0 Å². The zero-order valence-electron chi connectivity index (χ0n) is 8.57. The molecule has 1 amide bonds. The summed E-state index contributed by atoms with van der Waals surface area (Å²) in [6.07, 6.45) is 1.70. The fourth-order valence-corrected chi connectivity index (χ4v) is 2.39. The van der Waals surface area contributed by atoms with E-state index >= 15 is 0 Å². The average molecular weight is 256 g/mol. The van der Waals surface area contributed by atoms with Crippen molar-refractivity contribution in [3.63, 3.8) is 0 Å². The molecule has 0 unspecified atom stereocenters. The van der Waals surface area contributed by atoms with Gasteiger partial charge in [0.05, 0.1) is 6.04 Å². The Morgan fingerprint density at radius 1 is 1.38 bits per heavy atom. The van der Waals surface area contributed by atoms with E-state index in [-0.39, 0.29) is 11.9 Å². The van der Waals surface area contributed by atoms with Gasteiger partial charge >= 0.3 is 0 Å². The lowest BCUT2D eigenvalue weighted by atomic mass is 9.93. The van der Waals surface area contributed by atoms with Crippen molar-refractivity contribution in [3.8, 4) is 0 Å². The maximum absolute atomic E-state index is 11.5. The molecule has 0 radical (unpaired) electrons. The molecule has 0 spiro atoms. The summed E-state index contributed by atoms with van der Waals surface area (Å²) in [5, 5.41) is 0.205. The van der Waals surface area contributed by atoms with Crippen LogP contribution in [0.3, 0.4) is 0 Å². The second-order valence-electron chi connectivity index (χ2n) is 3.68. The summed E-state index contributed by atoms with van der Waals surface area (Å²) >= 11 is 11.8.